The second-order valence-corrected chi connectivity index (χ2v) is 13.8. The third-order valence-electron chi connectivity index (χ3n) is 7.49. The molecule has 0 saturated carbocycles. The largest absolute Gasteiger partial charge is 0.455 e. The zero-order valence-corrected chi connectivity index (χ0v) is 50.5. The van der Waals surface area contributed by atoms with Gasteiger partial charge in [0.05, 0.1) is 5.41 Å². The highest BCUT2D eigenvalue weighted by molar-refractivity contribution is 5.90. The minimum atomic E-state index is -1.32. The third-order valence-corrected chi connectivity index (χ3v) is 7.49. The second kappa shape index (κ2) is 67.1. The molecule has 422 valence electrons. The Morgan fingerprint density at radius 1 is 0.192 bits per heavy atom. The highest BCUT2D eigenvalue weighted by atomic mass is 16.6. The van der Waals surface area contributed by atoms with Gasteiger partial charge in [0.25, 0.3) is 0 Å². The second-order valence-electron chi connectivity index (χ2n) is 13.8. The Kier molecular flexibility index (Phi) is 53.5. The molecule has 0 amide bonds. The van der Waals surface area contributed by atoms with E-state index < -0.39 is 43.1 Å². The van der Waals surface area contributed by atoms with Crippen LogP contribution < -0.4 is 0 Å². The molecule has 0 heterocycles. The average Bonchev–Trinajstić information content (AvgIpc) is 0.974. The monoisotopic (exact) mass is 1230 g/mol. The molecule has 0 unspecified atom stereocenters. The molecular formula is C93H14O6. The van der Waals surface area contributed by atoms with Crippen molar-refractivity contribution in [2.75, 3.05) is 19.8 Å². The van der Waals surface area contributed by atoms with Crippen molar-refractivity contribution in [2.45, 2.75) is 13.3 Å². The van der Waals surface area contributed by atoms with Gasteiger partial charge >= 0.3 is 17.9 Å². The summed E-state index contributed by atoms with van der Waals surface area (Å²) < 4.78 is 16.0. The van der Waals surface area contributed by atoms with Crippen LogP contribution in [0.3, 0.4) is 0 Å². The van der Waals surface area contributed by atoms with Crippen molar-refractivity contribution in [1.29, 1.82) is 0 Å². The van der Waals surface area contributed by atoms with Crippen LogP contribution in [0.2, 0.25) is 0 Å². The van der Waals surface area contributed by atoms with Crippen LogP contribution in [0.5, 0.6) is 0 Å². The van der Waals surface area contributed by atoms with Gasteiger partial charge in [-0.1, -0.05) is 6.92 Å². The first-order valence-corrected chi connectivity index (χ1v) is 25.3. The zero-order chi connectivity index (χ0) is 71.5. The van der Waals surface area contributed by atoms with E-state index >= 15 is 0 Å². The van der Waals surface area contributed by atoms with E-state index in [1.54, 1.807) is 6.92 Å². The van der Waals surface area contributed by atoms with E-state index in [4.69, 9.17) is 33.5 Å². The predicted octanol–water partition coefficient (Wildman–Crippen LogP) is 0.0446. The molecule has 0 rings (SSSR count). The molecule has 0 spiro atoms. The fourth-order valence-corrected chi connectivity index (χ4v) is 3.71. The summed E-state index contributed by atoms with van der Waals surface area (Å²) >= 11 is 0. The van der Waals surface area contributed by atoms with Crippen LogP contribution in [-0.4, -0.2) is 37.7 Å². The molecule has 6 heteroatoms. The quantitative estimate of drug-likeness (QED) is 0.156. The van der Waals surface area contributed by atoms with Crippen LogP contribution >= 0.6 is 0 Å². The number of esters is 3. The molecule has 0 atom stereocenters. The minimum absolute atomic E-state index is 0.126. The van der Waals surface area contributed by atoms with Crippen LogP contribution in [0.15, 0.2) is 0 Å². The number of rotatable bonds is 7. The first-order chi connectivity index (χ1) is 48.9. The lowest BCUT2D eigenvalue weighted by Crippen LogP contribution is -2.38. The molecule has 0 saturated heterocycles. The van der Waals surface area contributed by atoms with E-state index in [2.05, 4.69) is 480 Å². The van der Waals surface area contributed by atoms with Gasteiger partial charge in [-0.05, 0) is 291 Å². The van der Waals surface area contributed by atoms with E-state index in [1.165, 1.54) is 0 Å². The van der Waals surface area contributed by atoms with Gasteiger partial charge in [-0.3, -0.25) is 0 Å². The van der Waals surface area contributed by atoms with Crippen molar-refractivity contribution in [3.8, 4) is 499 Å². The standard InChI is InChI=1S/C93H14O6/c1-5-9-12-15-18-21-24-27-30-33-36-39-42-45-48-51-54-57-60-63-66-69-72-75-78-81-84-90(94)97-87-93(8-4,88-98-91(95)85-82-79-76-73-70-67-64-61-58-55-52-49-46-43-40-37-34-31-28-25-22-19-16-13-10-6-2)89-99-92(96)86-83-80-77-74-71-68-65-62-59-56-53-50-47-44-41-38-35-32-29-26-23-20-17-14-11-7-3/h1-3H,8,87-89H2,4H3. The van der Waals surface area contributed by atoms with E-state index in [9.17, 15) is 14.4 Å². The maximum atomic E-state index is 12.6. The molecule has 0 aromatic rings. The Morgan fingerprint density at radius 3 is 0.394 bits per heavy atom. The van der Waals surface area contributed by atoms with Gasteiger partial charge in [-0.2, -0.15) is 0 Å². The molecule has 0 bridgehead atoms. The van der Waals surface area contributed by atoms with Crippen molar-refractivity contribution in [1.82, 2.24) is 0 Å². The van der Waals surface area contributed by atoms with Crippen molar-refractivity contribution in [3.05, 3.63) is 0 Å². The normalized spacial score (nSPS) is 5.15. The molecule has 99 heavy (non-hydrogen) atoms. The van der Waals surface area contributed by atoms with Gasteiger partial charge in [0.2, 0.25) is 0 Å². The maximum absolute atomic E-state index is 12.6. The summed E-state index contributed by atoms with van der Waals surface area (Å²) in [4.78, 5) is 37.8. The Balaban J connectivity index is 5.96. The molecule has 0 aliphatic rings. The lowest BCUT2D eigenvalue weighted by atomic mass is 9.88. The third kappa shape index (κ3) is 62.3. The summed E-state index contributed by atoms with van der Waals surface area (Å²) in [6, 6.07) is 0. The molecule has 0 aromatic carbocycles. The van der Waals surface area contributed by atoms with Gasteiger partial charge < -0.3 is 14.2 Å². The molecular weight excluding hydrogens is 1210 g/mol. The number of hydrogen-bond donors (Lipinski definition) is 0. The Bertz CT molecular complexity index is 5720. The molecule has 0 N–H and O–H groups in total. The van der Waals surface area contributed by atoms with Gasteiger partial charge in [-0.25, -0.2) is 14.4 Å². The lowest BCUT2D eigenvalue weighted by molar-refractivity contribution is -0.154. The summed E-state index contributed by atoms with van der Waals surface area (Å²) in [6.07, 6.45) is 15.0. The highest BCUT2D eigenvalue weighted by Gasteiger charge is 2.34. The average molecular weight is 1230 g/mol. The number of hydrogen-bond acceptors (Lipinski definition) is 6. The van der Waals surface area contributed by atoms with Gasteiger partial charge in [-0.15, -0.1) is 19.3 Å². The van der Waals surface area contributed by atoms with Crippen molar-refractivity contribution < 1.29 is 28.6 Å². The van der Waals surface area contributed by atoms with E-state index in [0.717, 1.165) is 0 Å². The van der Waals surface area contributed by atoms with Crippen LogP contribution in [-0.2, 0) is 28.6 Å². The molecule has 0 fully saturated rings. The Hall–Kier alpha value is -20.1. The molecule has 0 aliphatic carbocycles. The molecule has 6 nitrogen and oxygen atoms in total. The minimum Gasteiger partial charge on any atom is -0.455 e. The van der Waals surface area contributed by atoms with Gasteiger partial charge in [0.15, 0.2) is 0 Å². The predicted molar refractivity (Wildman–Crippen MR) is 375 cm³/mol. The number of ether oxygens (including phenoxy) is 3. The van der Waals surface area contributed by atoms with E-state index in [1.807, 2.05) is 0 Å². The summed E-state index contributed by atoms with van der Waals surface area (Å²) in [5.74, 6) is 193. The fraction of sp³-hybridized carbons (Fsp3) is 0.0645. The Labute approximate surface area is 580 Å². The fourth-order valence-electron chi connectivity index (χ4n) is 3.71. The van der Waals surface area contributed by atoms with Crippen LogP contribution in [0, 0.1) is 504 Å². The van der Waals surface area contributed by atoms with Crippen LogP contribution in [0.25, 0.3) is 0 Å². The van der Waals surface area contributed by atoms with Crippen molar-refractivity contribution in [2.24, 2.45) is 5.41 Å². The van der Waals surface area contributed by atoms with Gasteiger partial charge in [0, 0.05) is 195 Å². The SMILES string of the molecule is C#CC#CC#CC#CC#CC#CC#CC#CC#CC#CC#CC#CC#CC#CC(=O)OCC(CC)(COC(=O)C#CC#CC#CC#CC#CC#CC#CC#CC#CC#CC#CC#CC#CC#C)COC(=O)C#CC#CC#CC#CC#CC#CC#CC#CC#CC#CC#CC#CC#CC#C. The van der Waals surface area contributed by atoms with Crippen LogP contribution in [0.4, 0.5) is 0 Å². The summed E-state index contributed by atoms with van der Waals surface area (Å²) in [7, 11) is 0. The first-order valence-electron chi connectivity index (χ1n) is 25.3. The molecule has 0 radical (unpaired) electrons. The molecule has 0 aromatic heterocycles. The van der Waals surface area contributed by atoms with Gasteiger partial charge in [0.1, 0.15) is 19.8 Å². The van der Waals surface area contributed by atoms with Crippen molar-refractivity contribution in [3.63, 3.8) is 0 Å². The van der Waals surface area contributed by atoms with E-state index in [0.29, 0.717) is 0 Å². The zero-order valence-electron chi connectivity index (χ0n) is 50.5. The topological polar surface area (TPSA) is 78.9 Å². The number of carbonyl (C=O) groups excluding carboxylic acids is 3. The maximum Gasteiger partial charge on any atom is 0.385 e. The highest BCUT2D eigenvalue weighted by Crippen LogP contribution is 2.24. The lowest BCUT2D eigenvalue weighted by Gasteiger charge is -2.30. The van der Waals surface area contributed by atoms with Crippen LogP contribution in [0.1, 0.15) is 13.3 Å². The van der Waals surface area contributed by atoms with E-state index in [-0.39, 0.29) is 6.42 Å². The summed E-state index contributed by atoms with van der Waals surface area (Å²) in [5.41, 5.74) is -1.32. The summed E-state index contributed by atoms with van der Waals surface area (Å²) in [5, 5.41) is 0. The number of carbonyl (C=O) groups is 3. The van der Waals surface area contributed by atoms with Crippen molar-refractivity contribution >= 4 is 17.9 Å². The molecule has 0 aliphatic heterocycles. The smallest absolute Gasteiger partial charge is 0.385 e. The first kappa shape index (κ1) is 78.9. The summed E-state index contributed by atoms with van der Waals surface area (Å²) in [6.45, 7) is 0.275. The number of terminal acetylenes is 3. The Morgan fingerprint density at radius 2 is 0.293 bits per heavy atom.